The van der Waals surface area contributed by atoms with Gasteiger partial charge in [0, 0.05) is 18.1 Å². The van der Waals surface area contributed by atoms with Crippen LogP contribution in [0.1, 0.15) is 50.3 Å². The van der Waals surface area contributed by atoms with E-state index in [0.717, 1.165) is 0 Å². The molecular weight excluding hydrogens is 220 g/mol. The molecule has 2 N–H and O–H groups in total. The van der Waals surface area contributed by atoms with Crippen LogP contribution in [0.15, 0.2) is 24.3 Å². The van der Waals surface area contributed by atoms with Gasteiger partial charge in [0.25, 0.3) is 0 Å². The maximum Gasteiger partial charge on any atom is 0.0455 e. The smallest absolute Gasteiger partial charge is 0.0455 e. The van der Waals surface area contributed by atoms with E-state index in [2.05, 4.69) is 50.1 Å². The van der Waals surface area contributed by atoms with Gasteiger partial charge in [0.05, 0.1) is 0 Å². The summed E-state index contributed by atoms with van der Waals surface area (Å²) in [7, 11) is 2.25. The van der Waals surface area contributed by atoms with Gasteiger partial charge in [0.2, 0.25) is 0 Å². The third-order valence-electron chi connectivity index (χ3n) is 4.58. The van der Waals surface area contributed by atoms with Crippen LogP contribution in [-0.2, 0) is 6.42 Å². The first-order valence-electron chi connectivity index (χ1n) is 7.24. The molecule has 1 aromatic rings. The molecule has 0 spiro atoms. The molecule has 0 heterocycles. The summed E-state index contributed by atoms with van der Waals surface area (Å²) in [5.41, 5.74) is 9.29. The van der Waals surface area contributed by atoms with Gasteiger partial charge in [-0.05, 0) is 43.9 Å². The van der Waals surface area contributed by atoms with Crippen molar-refractivity contribution in [2.24, 2.45) is 5.73 Å². The Morgan fingerprint density at radius 2 is 1.94 bits per heavy atom. The minimum Gasteiger partial charge on any atom is -0.323 e. The van der Waals surface area contributed by atoms with E-state index in [4.69, 9.17) is 5.73 Å². The molecule has 0 saturated heterocycles. The molecule has 0 aromatic heterocycles. The lowest BCUT2D eigenvalue weighted by molar-refractivity contribution is 0.129. The Morgan fingerprint density at radius 3 is 2.61 bits per heavy atom. The maximum absolute atomic E-state index is 6.50. The number of benzene rings is 1. The monoisotopic (exact) mass is 246 g/mol. The van der Waals surface area contributed by atoms with Crippen LogP contribution in [0, 0.1) is 0 Å². The Bertz CT molecular complexity index is 384. The fourth-order valence-corrected chi connectivity index (χ4v) is 3.37. The molecule has 0 amide bonds. The van der Waals surface area contributed by atoms with E-state index in [-0.39, 0.29) is 6.04 Å². The molecule has 2 nitrogen and oxygen atoms in total. The van der Waals surface area contributed by atoms with Crippen molar-refractivity contribution < 1.29 is 0 Å². The number of aryl methyl sites for hydroxylation is 1. The van der Waals surface area contributed by atoms with Crippen LogP contribution in [0.5, 0.6) is 0 Å². The summed E-state index contributed by atoms with van der Waals surface area (Å²) in [5.74, 6) is 0. The number of likely N-dealkylation sites (N-methyl/N-ethyl adjacent to an activating group) is 1. The summed E-state index contributed by atoms with van der Waals surface area (Å²) in [6.45, 7) is 4.54. The minimum absolute atomic E-state index is 0.167. The molecule has 0 saturated carbocycles. The molecule has 2 heteroatoms. The predicted octanol–water partition coefficient (Wildman–Crippen LogP) is 3.12. The van der Waals surface area contributed by atoms with Crippen LogP contribution in [0.2, 0.25) is 0 Å². The van der Waals surface area contributed by atoms with Gasteiger partial charge in [0.1, 0.15) is 0 Å². The first kappa shape index (κ1) is 13.6. The van der Waals surface area contributed by atoms with Gasteiger partial charge < -0.3 is 5.73 Å². The molecule has 18 heavy (non-hydrogen) atoms. The molecule has 1 aliphatic carbocycles. The van der Waals surface area contributed by atoms with Gasteiger partial charge in [-0.15, -0.1) is 0 Å². The minimum atomic E-state index is 0.167. The molecule has 0 radical (unpaired) electrons. The quantitative estimate of drug-likeness (QED) is 0.884. The zero-order valence-electron chi connectivity index (χ0n) is 11.9. The summed E-state index contributed by atoms with van der Waals surface area (Å²) in [6.07, 6.45) is 4.76. The highest BCUT2D eigenvalue weighted by Crippen LogP contribution is 2.32. The van der Waals surface area contributed by atoms with Crippen molar-refractivity contribution in [2.75, 3.05) is 7.05 Å². The molecule has 0 fully saturated rings. The summed E-state index contributed by atoms with van der Waals surface area (Å²) < 4.78 is 0. The van der Waals surface area contributed by atoms with Gasteiger partial charge in [-0.3, -0.25) is 4.90 Å². The lowest BCUT2D eigenvalue weighted by Crippen LogP contribution is -2.47. The Morgan fingerprint density at radius 1 is 1.28 bits per heavy atom. The van der Waals surface area contributed by atoms with Gasteiger partial charge in [-0.1, -0.05) is 38.1 Å². The van der Waals surface area contributed by atoms with E-state index < -0.39 is 0 Å². The average molecular weight is 246 g/mol. The van der Waals surface area contributed by atoms with E-state index in [9.17, 15) is 0 Å². The third kappa shape index (κ3) is 2.45. The first-order chi connectivity index (χ1) is 8.69. The standard InChI is InChI=1S/C16H26N2/c1-4-13(5-2)18(3)15-11-10-12-8-6-7-9-14(12)16(15)17/h6-9,13,15-16H,4-5,10-11,17H2,1-3H3. The van der Waals surface area contributed by atoms with Crippen molar-refractivity contribution in [3.05, 3.63) is 35.4 Å². The molecular formula is C16H26N2. The molecule has 100 valence electrons. The predicted molar refractivity (Wildman–Crippen MR) is 77.6 cm³/mol. The highest BCUT2D eigenvalue weighted by Gasteiger charge is 2.31. The molecule has 2 unspecified atom stereocenters. The molecule has 0 bridgehead atoms. The van der Waals surface area contributed by atoms with Crippen LogP contribution in [0.3, 0.4) is 0 Å². The number of nitrogens with zero attached hydrogens (tertiary/aromatic N) is 1. The number of rotatable bonds is 4. The summed E-state index contributed by atoms with van der Waals surface area (Å²) in [6, 6.07) is 9.97. The number of hydrogen-bond donors (Lipinski definition) is 1. The van der Waals surface area contributed by atoms with Crippen molar-refractivity contribution in [2.45, 2.75) is 57.7 Å². The van der Waals surface area contributed by atoms with E-state index >= 15 is 0 Å². The molecule has 1 aliphatic rings. The van der Waals surface area contributed by atoms with E-state index in [1.807, 2.05) is 0 Å². The SMILES string of the molecule is CCC(CC)N(C)C1CCc2ccccc2C1N. The Labute approximate surface area is 111 Å². The summed E-state index contributed by atoms with van der Waals surface area (Å²) in [4.78, 5) is 2.51. The zero-order chi connectivity index (χ0) is 13.1. The van der Waals surface area contributed by atoms with Gasteiger partial charge in [0.15, 0.2) is 0 Å². The van der Waals surface area contributed by atoms with Crippen LogP contribution >= 0.6 is 0 Å². The highest BCUT2D eigenvalue weighted by atomic mass is 15.2. The second-order valence-corrected chi connectivity index (χ2v) is 5.47. The topological polar surface area (TPSA) is 29.3 Å². The van der Waals surface area contributed by atoms with E-state index in [1.165, 1.54) is 36.8 Å². The fourth-order valence-electron chi connectivity index (χ4n) is 3.37. The Kier molecular flexibility index (Phi) is 4.41. The molecule has 2 atom stereocenters. The molecule has 2 rings (SSSR count). The van der Waals surface area contributed by atoms with E-state index in [1.54, 1.807) is 0 Å². The van der Waals surface area contributed by atoms with Crippen molar-refractivity contribution >= 4 is 0 Å². The van der Waals surface area contributed by atoms with Crippen LogP contribution in [-0.4, -0.2) is 24.0 Å². The average Bonchev–Trinajstić information content (AvgIpc) is 2.40. The van der Waals surface area contributed by atoms with Gasteiger partial charge in [-0.2, -0.15) is 0 Å². The van der Waals surface area contributed by atoms with Crippen molar-refractivity contribution in [3.8, 4) is 0 Å². The Hall–Kier alpha value is -0.860. The van der Waals surface area contributed by atoms with Crippen LogP contribution in [0.4, 0.5) is 0 Å². The fraction of sp³-hybridized carbons (Fsp3) is 0.625. The first-order valence-corrected chi connectivity index (χ1v) is 7.24. The Balaban J connectivity index is 2.18. The number of hydrogen-bond acceptors (Lipinski definition) is 2. The van der Waals surface area contributed by atoms with Gasteiger partial charge in [-0.25, -0.2) is 0 Å². The largest absolute Gasteiger partial charge is 0.323 e. The third-order valence-corrected chi connectivity index (χ3v) is 4.58. The highest BCUT2D eigenvalue weighted by molar-refractivity contribution is 5.33. The van der Waals surface area contributed by atoms with Crippen molar-refractivity contribution in [3.63, 3.8) is 0 Å². The lowest BCUT2D eigenvalue weighted by atomic mass is 9.83. The van der Waals surface area contributed by atoms with Crippen molar-refractivity contribution in [1.29, 1.82) is 0 Å². The zero-order valence-corrected chi connectivity index (χ0v) is 11.9. The normalized spacial score (nSPS) is 23.4. The van der Waals surface area contributed by atoms with Gasteiger partial charge >= 0.3 is 0 Å². The maximum atomic E-state index is 6.50. The van der Waals surface area contributed by atoms with Crippen molar-refractivity contribution in [1.82, 2.24) is 4.90 Å². The van der Waals surface area contributed by atoms with E-state index in [0.29, 0.717) is 12.1 Å². The lowest BCUT2D eigenvalue weighted by Gasteiger charge is -2.41. The second-order valence-electron chi connectivity index (χ2n) is 5.47. The molecule has 0 aliphatic heterocycles. The second kappa shape index (κ2) is 5.85. The number of nitrogens with two attached hydrogens (primary N) is 1. The number of fused-ring (bicyclic) bond motifs is 1. The van der Waals surface area contributed by atoms with Crippen LogP contribution < -0.4 is 5.73 Å². The molecule has 1 aromatic carbocycles. The summed E-state index contributed by atoms with van der Waals surface area (Å²) in [5, 5.41) is 0. The van der Waals surface area contributed by atoms with Crippen LogP contribution in [0.25, 0.3) is 0 Å². The summed E-state index contributed by atoms with van der Waals surface area (Å²) >= 11 is 0.